The Labute approximate surface area is 337 Å². The molecule has 0 aliphatic carbocycles. The van der Waals surface area contributed by atoms with Crippen LogP contribution in [0.5, 0.6) is 0 Å². The molecule has 58 heavy (non-hydrogen) atoms. The van der Waals surface area contributed by atoms with Gasteiger partial charge in [0.15, 0.2) is 0 Å². The molecule has 0 bridgehead atoms. The van der Waals surface area contributed by atoms with Crippen LogP contribution < -0.4 is 4.90 Å². The van der Waals surface area contributed by atoms with E-state index in [1.165, 1.54) is 43.8 Å². The van der Waals surface area contributed by atoms with Gasteiger partial charge < -0.3 is 9.32 Å². The highest BCUT2D eigenvalue weighted by Gasteiger charge is 2.20. The third-order valence-corrected chi connectivity index (χ3v) is 11.4. The minimum Gasteiger partial charge on any atom is -0.456 e. The van der Waals surface area contributed by atoms with Crippen molar-refractivity contribution in [2.24, 2.45) is 0 Å². The zero-order chi connectivity index (χ0) is 38.4. The molecule has 11 rings (SSSR count). The lowest BCUT2D eigenvalue weighted by atomic mass is 9.95. The van der Waals surface area contributed by atoms with Gasteiger partial charge in [-0.15, -0.1) is 0 Å². The molecule has 1 aromatic heterocycles. The molecule has 2 nitrogen and oxygen atoms in total. The van der Waals surface area contributed by atoms with Gasteiger partial charge in [-0.2, -0.15) is 0 Å². The lowest BCUT2D eigenvalue weighted by Gasteiger charge is -2.29. The lowest BCUT2D eigenvalue weighted by molar-refractivity contribution is 0.669. The maximum Gasteiger partial charge on any atom is 0.137 e. The van der Waals surface area contributed by atoms with E-state index < -0.39 is 0 Å². The summed E-state index contributed by atoms with van der Waals surface area (Å²) >= 11 is 0. The maximum atomic E-state index is 6.49. The van der Waals surface area contributed by atoms with E-state index in [0.29, 0.717) is 0 Å². The van der Waals surface area contributed by atoms with Crippen molar-refractivity contribution in [1.29, 1.82) is 0 Å². The first-order chi connectivity index (χ1) is 28.7. The molecule has 0 fully saturated rings. The van der Waals surface area contributed by atoms with Crippen molar-refractivity contribution in [2.75, 3.05) is 4.90 Å². The van der Waals surface area contributed by atoms with Crippen LogP contribution in [0.2, 0.25) is 0 Å². The summed E-state index contributed by atoms with van der Waals surface area (Å²) in [6.45, 7) is 0. The molecule has 272 valence electrons. The average molecular weight is 740 g/mol. The fourth-order valence-corrected chi connectivity index (χ4v) is 8.46. The molecule has 0 N–H and O–H groups in total. The third kappa shape index (κ3) is 6.09. The zero-order valence-electron chi connectivity index (χ0n) is 31.7. The molecule has 0 aliphatic rings. The van der Waals surface area contributed by atoms with Crippen LogP contribution in [-0.2, 0) is 0 Å². The van der Waals surface area contributed by atoms with E-state index in [4.69, 9.17) is 4.42 Å². The zero-order valence-corrected chi connectivity index (χ0v) is 31.7. The number of anilines is 3. The van der Waals surface area contributed by atoms with Crippen molar-refractivity contribution in [2.45, 2.75) is 0 Å². The Morgan fingerprint density at radius 2 is 0.793 bits per heavy atom. The Balaban J connectivity index is 1.07. The van der Waals surface area contributed by atoms with Gasteiger partial charge in [-0.1, -0.05) is 164 Å². The van der Waals surface area contributed by atoms with Crippen LogP contribution in [0.4, 0.5) is 17.1 Å². The number of fused-ring (bicyclic) bond motifs is 5. The molecule has 2 heteroatoms. The Hall–Kier alpha value is -7.68. The van der Waals surface area contributed by atoms with E-state index in [9.17, 15) is 0 Å². The summed E-state index contributed by atoms with van der Waals surface area (Å²) in [7, 11) is 0. The summed E-state index contributed by atoms with van der Waals surface area (Å²) in [5.74, 6) is 0. The summed E-state index contributed by atoms with van der Waals surface area (Å²) < 4.78 is 6.49. The molecule has 1 heterocycles. The number of furan rings is 1. The van der Waals surface area contributed by atoms with Gasteiger partial charge in [-0.3, -0.25) is 0 Å². The number of benzene rings is 10. The van der Waals surface area contributed by atoms with Gasteiger partial charge in [0.25, 0.3) is 0 Å². The predicted octanol–water partition coefficient (Wildman–Crippen LogP) is 16.0. The quantitative estimate of drug-likeness (QED) is 0.162. The summed E-state index contributed by atoms with van der Waals surface area (Å²) in [6, 6.07) is 80.9. The molecule has 11 aromatic rings. The lowest BCUT2D eigenvalue weighted by Crippen LogP contribution is -2.11. The number of para-hydroxylation sites is 1. The SMILES string of the molecule is c1ccc(-c2ccc(-c3ccc4ccccc4c3)cc2N(c2ccc(-c3cccc(-c4ccc5ccccc5c4)c3)cc2)c2ccc3c(c2)oc2ccccc23)cc1. The second-order valence-electron chi connectivity index (χ2n) is 15.0. The van der Waals surface area contributed by atoms with Crippen molar-refractivity contribution in [3.8, 4) is 44.5 Å². The van der Waals surface area contributed by atoms with Crippen LogP contribution in [0, 0.1) is 0 Å². The van der Waals surface area contributed by atoms with E-state index in [1.54, 1.807) is 0 Å². The normalized spacial score (nSPS) is 11.4. The molecule has 0 unspecified atom stereocenters. The smallest absolute Gasteiger partial charge is 0.137 e. The van der Waals surface area contributed by atoms with Gasteiger partial charge >= 0.3 is 0 Å². The van der Waals surface area contributed by atoms with E-state index in [2.05, 4.69) is 217 Å². The standard InChI is InChI=1S/C56H37NO/c1-2-13-41(14-3-1)51-31-27-48(47-24-22-39-12-5-7-16-43(39)35-47)36-54(51)57(50-30-32-53-52-19-8-9-20-55(52)58-56(53)37-50)49-28-25-40(26-29-49)44-17-10-18-45(33-44)46-23-21-38-11-4-6-15-42(38)34-46/h1-37H. The van der Waals surface area contributed by atoms with Gasteiger partial charge in [0, 0.05) is 33.8 Å². The van der Waals surface area contributed by atoms with E-state index in [-0.39, 0.29) is 0 Å². The summed E-state index contributed by atoms with van der Waals surface area (Å²) in [5.41, 5.74) is 14.3. The van der Waals surface area contributed by atoms with Crippen LogP contribution >= 0.6 is 0 Å². The van der Waals surface area contributed by atoms with Gasteiger partial charge in [0.2, 0.25) is 0 Å². The van der Waals surface area contributed by atoms with Crippen LogP contribution in [0.25, 0.3) is 88.0 Å². The number of nitrogens with zero attached hydrogens (tertiary/aromatic N) is 1. The molecule has 0 radical (unpaired) electrons. The minimum absolute atomic E-state index is 0.859. The van der Waals surface area contributed by atoms with Gasteiger partial charge in [0.05, 0.1) is 5.69 Å². The first-order valence-corrected chi connectivity index (χ1v) is 19.8. The van der Waals surface area contributed by atoms with Crippen molar-refractivity contribution in [3.63, 3.8) is 0 Å². The highest BCUT2D eigenvalue weighted by atomic mass is 16.3. The maximum absolute atomic E-state index is 6.49. The van der Waals surface area contributed by atoms with Gasteiger partial charge in [-0.25, -0.2) is 0 Å². The van der Waals surface area contributed by atoms with E-state index in [1.807, 2.05) is 12.1 Å². The van der Waals surface area contributed by atoms with Gasteiger partial charge in [0.1, 0.15) is 11.2 Å². The van der Waals surface area contributed by atoms with Crippen LogP contribution in [-0.4, -0.2) is 0 Å². The number of hydrogen-bond donors (Lipinski definition) is 0. The minimum atomic E-state index is 0.859. The topological polar surface area (TPSA) is 16.4 Å². The van der Waals surface area contributed by atoms with E-state index in [0.717, 1.165) is 61.3 Å². The van der Waals surface area contributed by atoms with Crippen LogP contribution in [0.15, 0.2) is 229 Å². The second-order valence-corrected chi connectivity index (χ2v) is 15.0. The summed E-state index contributed by atoms with van der Waals surface area (Å²) in [4.78, 5) is 2.38. The van der Waals surface area contributed by atoms with Crippen molar-refractivity contribution in [1.82, 2.24) is 0 Å². The molecule has 0 amide bonds. The molecule has 0 spiro atoms. The Bertz CT molecular complexity index is 3290. The Kier molecular flexibility index (Phi) is 8.19. The van der Waals surface area contributed by atoms with Crippen molar-refractivity contribution >= 4 is 60.5 Å². The van der Waals surface area contributed by atoms with Crippen molar-refractivity contribution in [3.05, 3.63) is 224 Å². The second kappa shape index (κ2) is 14.1. The number of hydrogen-bond acceptors (Lipinski definition) is 2. The molecule has 0 aliphatic heterocycles. The third-order valence-electron chi connectivity index (χ3n) is 11.4. The first kappa shape index (κ1) is 33.6. The fourth-order valence-electron chi connectivity index (χ4n) is 8.46. The predicted molar refractivity (Wildman–Crippen MR) is 245 cm³/mol. The molecular weight excluding hydrogens is 703 g/mol. The highest BCUT2D eigenvalue weighted by Crippen LogP contribution is 2.45. The molecule has 0 saturated carbocycles. The summed E-state index contributed by atoms with van der Waals surface area (Å²) in [6.07, 6.45) is 0. The molecule has 0 saturated heterocycles. The average Bonchev–Trinajstić information content (AvgIpc) is 3.67. The van der Waals surface area contributed by atoms with E-state index >= 15 is 0 Å². The molecule has 10 aromatic carbocycles. The molecular formula is C56H37NO. The van der Waals surface area contributed by atoms with Gasteiger partial charge in [-0.05, 0) is 115 Å². The first-order valence-electron chi connectivity index (χ1n) is 19.8. The van der Waals surface area contributed by atoms with Crippen molar-refractivity contribution < 1.29 is 4.42 Å². The van der Waals surface area contributed by atoms with Crippen LogP contribution in [0.3, 0.4) is 0 Å². The summed E-state index contributed by atoms with van der Waals surface area (Å²) in [5, 5.41) is 7.18. The number of rotatable bonds is 7. The fraction of sp³-hybridized carbons (Fsp3) is 0. The highest BCUT2D eigenvalue weighted by molar-refractivity contribution is 6.06. The molecule has 0 atom stereocenters. The largest absolute Gasteiger partial charge is 0.456 e. The monoisotopic (exact) mass is 739 g/mol. The Morgan fingerprint density at radius 3 is 1.52 bits per heavy atom. The van der Waals surface area contributed by atoms with Crippen LogP contribution in [0.1, 0.15) is 0 Å². The Morgan fingerprint density at radius 1 is 0.276 bits per heavy atom.